The number of allylic oxidation sites excluding steroid dienone is 1. The molecule has 0 saturated heterocycles. The van der Waals surface area contributed by atoms with E-state index in [1.165, 1.54) is 11.6 Å². The lowest BCUT2D eigenvalue weighted by Gasteiger charge is -2.08. The fourth-order valence-electron chi connectivity index (χ4n) is 1.32. The number of ether oxygens (including phenoxy) is 1. The number of hydrogen-bond donors (Lipinski definition) is 0. The maximum absolute atomic E-state index is 10.9. The van der Waals surface area contributed by atoms with Gasteiger partial charge in [0.15, 0.2) is 5.78 Å². The zero-order chi connectivity index (χ0) is 12.0. The van der Waals surface area contributed by atoms with Gasteiger partial charge in [0.1, 0.15) is 5.75 Å². The molecule has 0 amide bonds. The molecule has 16 heavy (non-hydrogen) atoms. The topological polar surface area (TPSA) is 26.3 Å². The zero-order valence-electron chi connectivity index (χ0n) is 9.90. The molecule has 0 atom stereocenters. The predicted octanol–water partition coefficient (Wildman–Crippen LogP) is 3.33. The molecule has 1 rings (SSSR count). The van der Waals surface area contributed by atoms with E-state index in [-0.39, 0.29) is 5.78 Å². The smallest absolute Gasteiger partial charge is 0.158 e. The Morgan fingerprint density at radius 3 is 2.50 bits per heavy atom. The lowest BCUT2D eigenvalue weighted by Crippen LogP contribution is -2.03. The van der Waals surface area contributed by atoms with Crippen molar-refractivity contribution in [3.63, 3.8) is 0 Å². The van der Waals surface area contributed by atoms with Crippen molar-refractivity contribution in [3.8, 4) is 5.75 Å². The molecule has 0 bridgehead atoms. The molecule has 0 saturated carbocycles. The summed E-state index contributed by atoms with van der Waals surface area (Å²) in [5, 5.41) is 0. The van der Waals surface area contributed by atoms with Crippen molar-refractivity contribution >= 4 is 5.78 Å². The Bertz CT molecular complexity index is 350. The summed E-state index contributed by atoms with van der Waals surface area (Å²) in [5.74, 6) is 1.34. The van der Waals surface area contributed by atoms with Gasteiger partial charge < -0.3 is 4.74 Å². The molecule has 2 heteroatoms. The molecule has 0 unspecified atom stereocenters. The Morgan fingerprint density at radius 2 is 2.00 bits per heavy atom. The Hall–Kier alpha value is -1.57. The summed E-state index contributed by atoms with van der Waals surface area (Å²) in [6, 6.07) is 7.98. The highest BCUT2D eigenvalue weighted by molar-refractivity contribution is 5.89. The van der Waals surface area contributed by atoms with Crippen LogP contribution in [0.15, 0.2) is 36.9 Å². The van der Waals surface area contributed by atoms with E-state index in [9.17, 15) is 4.79 Å². The van der Waals surface area contributed by atoms with Crippen molar-refractivity contribution in [2.75, 3.05) is 6.61 Å². The first-order valence-electron chi connectivity index (χ1n) is 5.51. The predicted molar refractivity (Wildman–Crippen MR) is 65.8 cm³/mol. The standard InChI is InChI=1S/C14H18O2/c1-4-13(15)9-10-16-14-7-5-12(6-8-14)11(2)3/h4-8,11H,1,9-10H2,2-3H3. The molecule has 0 aliphatic carbocycles. The van der Waals surface area contributed by atoms with E-state index in [0.717, 1.165) is 5.75 Å². The van der Waals surface area contributed by atoms with E-state index in [1.54, 1.807) is 0 Å². The minimum absolute atomic E-state index is 0.0128. The van der Waals surface area contributed by atoms with Gasteiger partial charge in [0.2, 0.25) is 0 Å². The third-order valence-electron chi connectivity index (χ3n) is 2.39. The molecule has 0 radical (unpaired) electrons. The fraction of sp³-hybridized carbons (Fsp3) is 0.357. The van der Waals surface area contributed by atoms with E-state index in [2.05, 4.69) is 32.6 Å². The average Bonchev–Trinajstić information content (AvgIpc) is 2.29. The summed E-state index contributed by atoms with van der Waals surface area (Å²) >= 11 is 0. The van der Waals surface area contributed by atoms with Gasteiger partial charge in [0.05, 0.1) is 6.61 Å². The van der Waals surface area contributed by atoms with Crippen molar-refractivity contribution in [1.82, 2.24) is 0 Å². The number of ketones is 1. The minimum atomic E-state index is 0.0128. The van der Waals surface area contributed by atoms with E-state index >= 15 is 0 Å². The van der Waals surface area contributed by atoms with Gasteiger partial charge in [-0.2, -0.15) is 0 Å². The van der Waals surface area contributed by atoms with Gasteiger partial charge in [-0.05, 0) is 29.7 Å². The number of carbonyl (C=O) groups excluding carboxylic acids is 1. The molecule has 86 valence electrons. The van der Waals surface area contributed by atoms with Gasteiger partial charge >= 0.3 is 0 Å². The normalized spacial score (nSPS) is 10.2. The van der Waals surface area contributed by atoms with E-state index in [4.69, 9.17) is 4.74 Å². The summed E-state index contributed by atoms with van der Waals surface area (Å²) in [5.41, 5.74) is 1.29. The van der Waals surface area contributed by atoms with Gasteiger partial charge in [0.25, 0.3) is 0 Å². The molecule has 0 aromatic heterocycles. The SMILES string of the molecule is C=CC(=O)CCOc1ccc(C(C)C)cc1. The van der Waals surface area contributed by atoms with E-state index in [0.29, 0.717) is 18.9 Å². The maximum Gasteiger partial charge on any atom is 0.158 e. The summed E-state index contributed by atoms with van der Waals surface area (Å²) in [6.45, 7) is 8.12. The van der Waals surface area contributed by atoms with Crippen molar-refractivity contribution < 1.29 is 9.53 Å². The molecular weight excluding hydrogens is 200 g/mol. The molecule has 1 aromatic rings. The highest BCUT2D eigenvalue weighted by Gasteiger charge is 2.00. The van der Waals surface area contributed by atoms with Gasteiger partial charge in [-0.1, -0.05) is 32.6 Å². The van der Waals surface area contributed by atoms with Crippen LogP contribution in [0.2, 0.25) is 0 Å². The van der Waals surface area contributed by atoms with Crippen LogP contribution in [0.1, 0.15) is 31.7 Å². The van der Waals surface area contributed by atoms with Gasteiger partial charge in [0, 0.05) is 6.42 Å². The average molecular weight is 218 g/mol. The van der Waals surface area contributed by atoms with Crippen molar-refractivity contribution in [2.24, 2.45) is 0 Å². The monoisotopic (exact) mass is 218 g/mol. The molecule has 2 nitrogen and oxygen atoms in total. The highest BCUT2D eigenvalue weighted by Crippen LogP contribution is 2.18. The summed E-state index contributed by atoms with van der Waals surface area (Å²) in [7, 11) is 0. The zero-order valence-corrected chi connectivity index (χ0v) is 9.90. The third-order valence-corrected chi connectivity index (χ3v) is 2.39. The lowest BCUT2D eigenvalue weighted by molar-refractivity contribution is -0.115. The van der Waals surface area contributed by atoms with Crippen LogP contribution in [0, 0.1) is 0 Å². The molecule has 0 aliphatic rings. The number of rotatable bonds is 6. The first-order chi connectivity index (χ1) is 7.63. The third kappa shape index (κ3) is 3.89. The van der Waals surface area contributed by atoms with Crippen LogP contribution >= 0.6 is 0 Å². The van der Waals surface area contributed by atoms with Crippen LogP contribution in [-0.2, 0) is 4.79 Å². The second-order valence-corrected chi connectivity index (χ2v) is 3.99. The van der Waals surface area contributed by atoms with Crippen molar-refractivity contribution in [1.29, 1.82) is 0 Å². The summed E-state index contributed by atoms with van der Waals surface area (Å²) < 4.78 is 5.44. The Balaban J connectivity index is 2.43. The fourth-order valence-corrected chi connectivity index (χ4v) is 1.32. The molecule has 0 aliphatic heterocycles. The van der Waals surface area contributed by atoms with Gasteiger partial charge in [-0.25, -0.2) is 0 Å². The van der Waals surface area contributed by atoms with E-state index in [1.807, 2.05) is 12.1 Å². The highest BCUT2D eigenvalue weighted by atomic mass is 16.5. The first kappa shape index (κ1) is 12.5. The van der Waals surface area contributed by atoms with Crippen molar-refractivity contribution in [3.05, 3.63) is 42.5 Å². The number of benzene rings is 1. The van der Waals surface area contributed by atoms with Crippen LogP contribution in [0.5, 0.6) is 5.75 Å². The largest absolute Gasteiger partial charge is 0.493 e. The van der Waals surface area contributed by atoms with Crippen LogP contribution in [-0.4, -0.2) is 12.4 Å². The van der Waals surface area contributed by atoms with Crippen LogP contribution in [0.4, 0.5) is 0 Å². The Labute approximate surface area is 96.9 Å². The Morgan fingerprint density at radius 1 is 1.38 bits per heavy atom. The summed E-state index contributed by atoms with van der Waals surface area (Å²) in [6.07, 6.45) is 1.71. The molecule has 0 spiro atoms. The lowest BCUT2D eigenvalue weighted by atomic mass is 10.0. The Kier molecular flexibility index (Phi) is 4.77. The second kappa shape index (κ2) is 6.11. The maximum atomic E-state index is 10.9. The molecular formula is C14H18O2. The van der Waals surface area contributed by atoms with Gasteiger partial charge in [-0.15, -0.1) is 0 Å². The van der Waals surface area contributed by atoms with Crippen molar-refractivity contribution in [2.45, 2.75) is 26.2 Å². The molecule has 1 aromatic carbocycles. The van der Waals surface area contributed by atoms with Crippen LogP contribution in [0.3, 0.4) is 0 Å². The molecule has 0 N–H and O–H groups in total. The van der Waals surface area contributed by atoms with E-state index < -0.39 is 0 Å². The molecule has 0 fully saturated rings. The first-order valence-corrected chi connectivity index (χ1v) is 5.51. The van der Waals surface area contributed by atoms with Crippen LogP contribution in [0.25, 0.3) is 0 Å². The van der Waals surface area contributed by atoms with Gasteiger partial charge in [-0.3, -0.25) is 4.79 Å². The number of carbonyl (C=O) groups is 1. The molecule has 0 heterocycles. The minimum Gasteiger partial charge on any atom is -0.493 e. The quantitative estimate of drug-likeness (QED) is 0.684. The number of hydrogen-bond acceptors (Lipinski definition) is 2. The summed E-state index contributed by atoms with van der Waals surface area (Å²) in [4.78, 5) is 10.9. The van der Waals surface area contributed by atoms with Crippen LogP contribution < -0.4 is 4.74 Å². The second-order valence-electron chi connectivity index (χ2n) is 3.99.